The van der Waals surface area contributed by atoms with Crippen LogP contribution in [-0.4, -0.2) is 28.0 Å². The van der Waals surface area contributed by atoms with Crippen LogP contribution >= 0.6 is 12.2 Å². The lowest BCUT2D eigenvalue weighted by atomic mass is 9.87. The molecule has 1 N–H and O–H groups in total. The van der Waals surface area contributed by atoms with Crippen molar-refractivity contribution in [1.29, 1.82) is 0 Å². The Balaban J connectivity index is 2.28. The second kappa shape index (κ2) is 6.48. The molecule has 6 nitrogen and oxygen atoms in total. The van der Waals surface area contributed by atoms with E-state index in [9.17, 15) is 14.9 Å². The van der Waals surface area contributed by atoms with E-state index in [2.05, 4.69) is 0 Å². The van der Waals surface area contributed by atoms with Gasteiger partial charge >= 0.3 is 5.97 Å². The summed E-state index contributed by atoms with van der Waals surface area (Å²) < 4.78 is 5.06. The van der Waals surface area contributed by atoms with Gasteiger partial charge in [0.25, 0.3) is 5.70 Å². The van der Waals surface area contributed by atoms with E-state index in [1.54, 1.807) is 19.2 Å². The third kappa shape index (κ3) is 3.37. The van der Waals surface area contributed by atoms with Crippen LogP contribution in [0.15, 0.2) is 47.7 Å². The quantitative estimate of drug-likeness (QED) is 0.509. The molecule has 0 saturated heterocycles. The lowest BCUT2D eigenvalue weighted by molar-refractivity contribution is -0.419. The summed E-state index contributed by atoms with van der Waals surface area (Å²) in [5.74, 6) is -1.06. The molecule has 0 fully saturated rings. The highest BCUT2D eigenvalue weighted by Crippen LogP contribution is 2.25. The van der Waals surface area contributed by atoms with Gasteiger partial charge in [0, 0.05) is 22.9 Å². The molecule has 22 heavy (non-hydrogen) atoms. The number of allylic oxidation sites excluding steroid dienone is 2. The molecular formula is C15H13NO5S. The molecule has 1 aromatic rings. The highest BCUT2D eigenvalue weighted by atomic mass is 32.1. The van der Waals surface area contributed by atoms with Gasteiger partial charge in [-0.15, -0.1) is 0 Å². The summed E-state index contributed by atoms with van der Waals surface area (Å²) in [5, 5.41) is 20.1. The Morgan fingerprint density at radius 1 is 1.41 bits per heavy atom. The van der Waals surface area contributed by atoms with Crippen LogP contribution in [-0.2, 0) is 11.2 Å². The summed E-state index contributed by atoms with van der Waals surface area (Å²) in [5.41, 5.74) is 0.450. The Labute approximate surface area is 131 Å². The topological polar surface area (TPSA) is 89.7 Å². The fourth-order valence-corrected chi connectivity index (χ4v) is 2.49. The number of hydrogen-bond donors (Lipinski definition) is 1. The van der Waals surface area contributed by atoms with Crippen LogP contribution in [0.1, 0.15) is 5.56 Å². The SMILES string of the molecule is COc1ccc(CC2C=C([N+](=O)[O-])C=C(C(=O)O)C2=S)cc1. The van der Waals surface area contributed by atoms with Crippen molar-refractivity contribution >= 4 is 23.1 Å². The zero-order valence-electron chi connectivity index (χ0n) is 11.7. The van der Waals surface area contributed by atoms with E-state index in [1.807, 2.05) is 12.1 Å². The van der Waals surface area contributed by atoms with E-state index in [0.717, 1.165) is 11.6 Å². The smallest absolute Gasteiger partial charge is 0.337 e. The first-order valence-electron chi connectivity index (χ1n) is 6.40. The summed E-state index contributed by atoms with van der Waals surface area (Å²) >= 11 is 5.17. The van der Waals surface area contributed by atoms with Crippen LogP contribution in [0.5, 0.6) is 5.75 Å². The fourth-order valence-electron chi connectivity index (χ4n) is 2.20. The lowest BCUT2D eigenvalue weighted by Gasteiger charge is -2.18. The highest BCUT2D eigenvalue weighted by molar-refractivity contribution is 7.81. The molecule has 0 bridgehead atoms. The van der Waals surface area contributed by atoms with Crippen LogP contribution in [0.3, 0.4) is 0 Å². The van der Waals surface area contributed by atoms with Crippen molar-refractivity contribution in [2.24, 2.45) is 5.92 Å². The molecular weight excluding hydrogens is 306 g/mol. The number of nitro groups is 1. The van der Waals surface area contributed by atoms with E-state index in [4.69, 9.17) is 22.1 Å². The third-order valence-corrected chi connectivity index (χ3v) is 3.84. The summed E-state index contributed by atoms with van der Waals surface area (Å²) in [6, 6.07) is 7.18. The molecule has 0 aliphatic heterocycles. The molecule has 1 unspecified atom stereocenters. The van der Waals surface area contributed by atoms with Crippen molar-refractivity contribution in [3.05, 3.63) is 63.4 Å². The van der Waals surface area contributed by atoms with Gasteiger partial charge in [0.2, 0.25) is 0 Å². The first-order chi connectivity index (χ1) is 10.4. The Bertz CT molecular complexity index is 690. The molecule has 1 aliphatic carbocycles. The van der Waals surface area contributed by atoms with E-state index in [1.165, 1.54) is 6.08 Å². The molecule has 114 valence electrons. The average Bonchev–Trinajstić information content (AvgIpc) is 2.49. The lowest BCUT2D eigenvalue weighted by Crippen LogP contribution is -2.25. The molecule has 0 saturated carbocycles. The molecule has 1 aromatic carbocycles. The number of benzene rings is 1. The normalized spacial score (nSPS) is 17.5. The van der Waals surface area contributed by atoms with Gasteiger partial charge in [-0.3, -0.25) is 10.1 Å². The van der Waals surface area contributed by atoms with E-state index < -0.39 is 16.8 Å². The van der Waals surface area contributed by atoms with Gasteiger partial charge in [-0.25, -0.2) is 4.79 Å². The van der Waals surface area contributed by atoms with Gasteiger partial charge in [0.15, 0.2) is 0 Å². The summed E-state index contributed by atoms with van der Waals surface area (Å²) in [4.78, 5) is 21.7. The molecule has 0 radical (unpaired) electrons. The second-order valence-electron chi connectivity index (χ2n) is 4.73. The number of hydrogen-bond acceptors (Lipinski definition) is 5. The monoisotopic (exact) mass is 319 g/mol. The molecule has 0 heterocycles. The maximum Gasteiger partial charge on any atom is 0.337 e. The van der Waals surface area contributed by atoms with Crippen LogP contribution in [0.25, 0.3) is 0 Å². The van der Waals surface area contributed by atoms with Gasteiger partial charge in [0.1, 0.15) is 5.75 Å². The van der Waals surface area contributed by atoms with Gasteiger partial charge in [-0.05, 0) is 24.1 Å². The van der Waals surface area contributed by atoms with Gasteiger partial charge < -0.3 is 9.84 Å². The van der Waals surface area contributed by atoms with Crippen molar-refractivity contribution in [2.45, 2.75) is 6.42 Å². The van der Waals surface area contributed by atoms with Crippen molar-refractivity contribution in [1.82, 2.24) is 0 Å². The molecule has 2 rings (SSSR count). The number of rotatable bonds is 5. The minimum absolute atomic E-state index is 0.192. The summed E-state index contributed by atoms with van der Waals surface area (Å²) in [7, 11) is 1.56. The number of nitrogens with zero attached hydrogens (tertiary/aromatic N) is 1. The number of methoxy groups -OCH3 is 1. The zero-order chi connectivity index (χ0) is 16.3. The van der Waals surface area contributed by atoms with Crippen molar-refractivity contribution < 1.29 is 19.6 Å². The third-order valence-electron chi connectivity index (χ3n) is 3.32. The Kier molecular flexibility index (Phi) is 4.67. The van der Waals surface area contributed by atoms with Gasteiger partial charge in [0.05, 0.1) is 17.6 Å². The summed E-state index contributed by atoms with van der Waals surface area (Å²) in [6.07, 6.45) is 2.80. The van der Waals surface area contributed by atoms with E-state index in [0.29, 0.717) is 12.2 Å². The Morgan fingerprint density at radius 2 is 2.05 bits per heavy atom. The van der Waals surface area contributed by atoms with Crippen LogP contribution in [0.2, 0.25) is 0 Å². The first-order valence-corrected chi connectivity index (χ1v) is 6.81. The van der Waals surface area contributed by atoms with E-state index >= 15 is 0 Å². The minimum atomic E-state index is -1.25. The minimum Gasteiger partial charge on any atom is -0.497 e. The predicted molar refractivity (Wildman–Crippen MR) is 83.6 cm³/mol. The molecule has 7 heteroatoms. The average molecular weight is 319 g/mol. The number of aliphatic carboxylic acids is 1. The predicted octanol–water partition coefficient (Wildman–Crippen LogP) is 2.41. The van der Waals surface area contributed by atoms with Crippen LogP contribution in [0, 0.1) is 16.0 Å². The van der Waals surface area contributed by atoms with Crippen molar-refractivity contribution in [3.63, 3.8) is 0 Å². The van der Waals surface area contributed by atoms with Gasteiger partial charge in [-0.2, -0.15) is 0 Å². The molecule has 0 amide bonds. The highest BCUT2D eigenvalue weighted by Gasteiger charge is 2.29. The maximum absolute atomic E-state index is 11.2. The summed E-state index contributed by atoms with van der Waals surface area (Å²) in [6.45, 7) is 0. The van der Waals surface area contributed by atoms with E-state index in [-0.39, 0.29) is 16.1 Å². The molecule has 0 aromatic heterocycles. The van der Waals surface area contributed by atoms with Gasteiger partial charge in [-0.1, -0.05) is 24.4 Å². The number of carbonyl (C=O) groups is 1. The largest absolute Gasteiger partial charge is 0.497 e. The standard InChI is InChI=1S/C15H13NO5S/c1-21-12-4-2-9(3-5-12)6-10-7-11(16(19)20)8-13(14(10)22)15(17)18/h2-5,7-8,10H,6H2,1H3,(H,17,18). The number of carboxylic acid groups (broad SMARTS) is 1. The number of ether oxygens (including phenoxy) is 1. The Hall–Kier alpha value is -2.54. The fraction of sp³-hybridized carbons (Fsp3) is 0.200. The Morgan fingerprint density at radius 3 is 2.55 bits per heavy atom. The van der Waals surface area contributed by atoms with Crippen molar-refractivity contribution in [2.75, 3.05) is 7.11 Å². The van der Waals surface area contributed by atoms with Crippen LogP contribution in [0.4, 0.5) is 0 Å². The maximum atomic E-state index is 11.2. The second-order valence-corrected chi connectivity index (χ2v) is 5.17. The molecule has 1 aliphatic rings. The zero-order valence-corrected chi connectivity index (χ0v) is 12.5. The first kappa shape index (κ1) is 15.8. The molecule has 0 spiro atoms. The molecule has 1 atom stereocenters. The number of thiocarbonyl (C=S) groups is 1. The number of carboxylic acids is 1. The van der Waals surface area contributed by atoms with Crippen molar-refractivity contribution in [3.8, 4) is 5.75 Å². The van der Waals surface area contributed by atoms with Crippen LogP contribution < -0.4 is 4.74 Å².